The second-order valence-electron chi connectivity index (χ2n) is 6.42. The van der Waals surface area contributed by atoms with Crippen molar-refractivity contribution >= 4 is 18.0 Å². The van der Waals surface area contributed by atoms with Crippen LogP contribution < -0.4 is 10.1 Å². The van der Waals surface area contributed by atoms with E-state index in [0.717, 1.165) is 12.0 Å². The van der Waals surface area contributed by atoms with Gasteiger partial charge in [-0.05, 0) is 31.1 Å². The molecule has 2 rings (SSSR count). The molecule has 0 saturated heterocycles. The molecule has 148 valence electrons. The summed E-state index contributed by atoms with van der Waals surface area (Å²) in [6, 6.07) is 17.4. The predicted octanol–water partition coefficient (Wildman–Crippen LogP) is 3.95. The highest BCUT2D eigenvalue weighted by Crippen LogP contribution is 2.19. The number of nitrogens with one attached hydrogen (secondary N) is 1. The molecule has 0 bridgehead atoms. The lowest BCUT2D eigenvalue weighted by Crippen LogP contribution is -2.37. The molecule has 2 aromatic rings. The number of hydrogen-bond donors (Lipinski definition) is 1. The summed E-state index contributed by atoms with van der Waals surface area (Å²) in [5.74, 6) is -0.0144. The van der Waals surface area contributed by atoms with Gasteiger partial charge in [0, 0.05) is 24.1 Å². The Labute approximate surface area is 166 Å². The summed E-state index contributed by atoms with van der Waals surface area (Å²) in [4.78, 5) is 24.3. The van der Waals surface area contributed by atoms with Gasteiger partial charge in [0.05, 0.1) is 7.11 Å². The summed E-state index contributed by atoms with van der Waals surface area (Å²) in [5.41, 5.74) is 1.93. The quantitative estimate of drug-likeness (QED) is 0.528. The van der Waals surface area contributed by atoms with Gasteiger partial charge in [-0.3, -0.25) is 4.79 Å². The van der Waals surface area contributed by atoms with Crippen molar-refractivity contribution in [2.75, 3.05) is 13.7 Å². The minimum atomic E-state index is -0.872. The smallest absolute Gasteiger partial charge is 0.331 e. The van der Waals surface area contributed by atoms with Gasteiger partial charge in [-0.25, -0.2) is 4.79 Å². The standard InChI is InChI=1S/C23H27NO4/c1-4-18(19-10-6-5-7-11-19)16-24-23(26)17(2)28-22(25)15-14-20-12-8-9-13-21(20)27-3/h5-15,17-18H,4,16H2,1-3H3,(H,24,26)/b15-14+/t17-,18-/m0/s1. The van der Waals surface area contributed by atoms with Crippen LogP contribution in [0.5, 0.6) is 5.75 Å². The highest BCUT2D eigenvalue weighted by atomic mass is 16.5. The third-order valence-electron chi connectivity index (χ3n) is 4.49. The van der Waals surface area contributed by atoms with Crippen LogP contribution in [0, 0.1) is 0 Å². The number of carbonyl (C=O) groups excluding carboxylic acids is 2. The second kappa shape index (κ2) is 10.9. The molecule has 28 heavy (non-hydrogen) atoms. The molecule has 0 saturated carbocycles. The molecule has 0 aromatic heterocycles. The molecule has 0 radical (unpaired) electrons. The maximum Gasteiger partial charge on any atom is 0.331 e. The number of methoxy groups -OCH3 is 1. The van der Waals surface area contributed by atoms with Crippen molar-refractivity contribution < 1.29 is 19.1 Å². The molecule has 0 aliphatic rings. The number of para-hydroxylation sites is 1. The summed E-state index contributed by atoms with van der Waals surface area (Å²) < 4.78 is 10.4. The monoisotopic (exact) mass is 381 g/mol. The van der Waals surface area contributed by atoms with E-state index >= 15 is 0 Å². The number of benzene rings is 2. The lowest BCUT2D eigenvalue weighted by atomic mass is 9.96. The van der Waals surface area contributed by atoms with Crippen LogP contribution in [0.3, 0.4) is 0 Å². The van der Waals surface area contributed by atoms with Crippen LogP contribution in [-0.2, 0) is 14.3 Å². The number of hydrogen-bond acceptors (Lipinski definition) is 4. The Morgan fingerprint density at radius 1 is 1.07 bits per heavy atom. The first-order chi connectivity index (χ1) is 13.5. The molecule has 0 fully saturated rings. The number of carbonyl (C=O) groups is 2. The van der Waals surface area contributed by atoms with Gasteiger partial charge in [-0.2, -0.15) is 0 Å². The van der Waals surface area contributed by atoms with Gasteiger partial charge < -0.3 is 14.8 Å². The predicted molar refractivity (Wildman–Crippen MR) is 110 cm³/mol. The Bertz CT molecular complexity index is 801. The summed E-state index contributed by atoms with van der Waals surface area (Å²) in [6.07, 6.45) is 2.93. The third kappa shape index (κ3) is 6.27. The Morgan fingerprint density at radius 3 is 2.43 bits per heavy atom. The molecule has 1 amide bonds. The van der Waals surface area contributed by atoms with Crippen molar-refractivity contribution in [3.05, 3.63) is 71.8 Å². The molecule has 1 N–H and O–H groups in total. The van der Waals surface area contributed by atoms with Gasteiger partial charge in [-0.1, -0.05) is 55.5 Å². The van der Waals surface area contributed by atoms with Gasteiger partial charge in [0.15, 0.2) is 6.10 Å². The average molecular weight is 381 g/mol. The fourth-order valence-corrected chi connectivity index (χ4v) is 2.82. The van der Waals surface area contributed by atoms with Gasteiger partial charge in [0.2, 0.25) is 0 Å². The number of ether oxygens (including phenoxy) is 2. The van der Waals surface area contributed by atoms with Crippen LogP contribution in [0.15, 0.2) is 60.7 Å². The van der Waals surface area contributed by atoms with E-state index in [1.807, 2.05) is 48.5 Å². The Hall–Kier alpha value is -3.08. The Kier molecular flexibility index (Phi) is 8.28. The molecule has 5 heteroatoms. The topological polar surface area (TPSA) is 64.6 Å². The first-order valence-corrected chi connectivity index (χ1v) is 9.39. The summed E-state index contributed by atoms with van der Waals surface area (Å²) in [6.45, 7) is 4.14. The summed E-state index contributed by atoms with van der Waals surface area (Å²) >= 11 is 0. The van der Waals surface area contributed by atoms with Crippen LogP contribution in [-0.4, -0.2) is 31.6 Å². The van der Waals surface area contributed by atoms with Crippen LogP contribution >= 0.6 is 0 Å². The van der Waals surface area contributed by atoms with Crippen molar-refractivity contribution in [1.29, 1.82) is 0 Å². The van der Waals surface area contributed by atoms with Crippen molar-refractivity contribution in [3.8, 4) is 5.75 Å². The number of esters is 1. The largest absolute Gasteiger partial charge is 0.496 e. The zero-order chi connectivity index (χ0) is 20.4. The van der Waals surface area contributed by atoms with Crippen molar-refractivity contribution in [1.82, 2.24) is 5.32 Å². The second-order valence-corrected chi connectivity index (χ2v) is 6.42. The van der Waals surface area contributed by atoms with Crippen LogP contribution in [0.1, 0.15) is 37.3 Å². The highest BCUT2D eigenvalue weighted by Gasteiger charge is 2.18. The fourth-order valence-electron chi connectivity index (χ4n) is 2.82. The van der Waals surface area contributed by atoms with Gasteiger partial charge >= 0.3 is 5.97 Å². The van der Waals surface area contributed by atoms with Gasteiger partial charge in [0.25, 0.3) is 5.91 Å². The van der Waals surface area contributed by atoms with Crippen molar-refractivity contribution in [2.24, 2.45) is 0 Å². The maximum atomic E-state index is 12.3. The van der Waals surface area contributed by atoms with Gasteiger partial charge in [0.1, 0.15) is 5.75 Å². The van der Waals surface area contributed by atoms with E-state index in [-0.39, 0.29) is 11.8 Å². The van der Waals surface area contributed by atoms with Crippen molar-refractivity contribution in [2.45, 2.75) is 32.3 Å². The van der Waals surface area contributed by atoms with E-state index < -0.39 is 12.1 Å². The van der Waals surface area contributed by atoms with E-state index in [2.05, 4.69) is 12.2 Å². The molecule has 5 nitrogen and oxygen atoms in total. The van der Waals surface area contributed by atoms with Gasteiger partial charge in [-0.15, -0.1) is 0 Å². The lowest BCUT2D eigenvalue weighted by molar-refractivity contribution is -0.150. The lowest BCUT2D eigenvalue weighted by Gasteiger charge is -2.18. The zero-order valence-corrected chi connectivity index (χ0v) is 16.6. The van der Waals surface area contributed by atoms with E-state index in [1.165, 1.54) is 11.6 Å². The van der Waals surface area contributed by atoms with E-state index in [1.54, 1.807) is 26.2 Å². The number of rotatable bonds is 9. The minimum absolute atomic E-state index is 0.221. The molecule has 0 heterocycles. The molecule has 2 atom stereocenters. The molecule has 0 aliphatic carbocycles. The zero-order valence-electron chi connectivity index (χ0n) is 16.6. The molecular formula is C23H27NO4. The molecule has 2 aromatic carbocycles. The fraction of sp³-hybridized carbons (Fsp3) is 0.304. The average Bonchev–Trinajstić information content (AvgIpc) is 2.73. The molecule has 0 aliphatic heterocycles. The van der Waals surface area contributed by atoms with E-state index in [9.17, 15) is 9.59 Å². The van der Waals surface area contributed by atoms with E-state index in [4.69, 9.17) is 9.47 Å². The molecule has 0 unspecified atom stereocenters. The first-order valence-electron chi connectivity index (χ1n) is 9.39. The highest BCUT2D eigenvalue weighted by molar-refractivity contribution is 5.90. The molecule has 0 spiro atoms. The summed E-state index contributed by atoms with van der Waals surface area (Å²) in [7, 11) is 1.57. The Morgan fingerprint density at radius 2 is 1.75 bits per heavy atom. The first kappa shape index (κ1) is 21.2. The van der Waals surface area contributed by atoms with E-state index in [0.29, 0.717) is 12.3 Å². The normalized spacial score (nSPS) is 13.0. The van der Waals surface area contributed by atoms with Crippen LogP contribution in [0.25, 0.3) is 6.08 Å². The minimum Gasteiger partial charge on any atom is -0.496 e. The van der Waals surface area contributed by atoms with Crippen molar-refractivity contribution in [3.63, 3.8) is 0 Å². The molecular weight excluding hydrogens is 354 g/mol. The third-order valence-corrected chi connectivity index (χ3v) is 4.49. The van der Waals surface area contributed by atoms with Crippen LogP contribution in [0.2, 0.25) is 0 Å². The summed E-state index contributed by atoms with van der Waals surface area (Å²) in [5, 5.41) is 2.87. The maximum absolute atomic E-state index is 12.3. The SMILES string of the molecule is CC[C@@H](CNC(=O)[C@H](C)OC(=O)/C=C/c1ccccc1OC)c1ccccc1. The number of amides is 1. The Balaban J connectivity index is 1.85. The van der Waals surface area contributed by atoms with Crippen LogP contribution in [0.4, 0.5) is 0 Å².